The third-order valence-electron chi connectivity index (χ3n) is 3.07. The van der Waals surface area contributed by atoms with Crippen molar-refractivity contribution in [1.29, 1.82) is 5.26 Å². The van der Waals surface area contributed by atoms with Gasteiger partial charge >= 0.3 is 5.97 Å². The van der Waals surface area contributed by atoms with Crippen molar-refractivity contribution >= 4 is 40.8 Å². The largest absolute Gasteiger partial charge is 0.494 e. The van der Waals surface area contributed by atoms with Crippen LogP contribution in [-0.4, -0.2) is 25.6 Å². The molecule has 25 heavy (non-hydrogen) atoms. The fraction of sp³-hybridized carbons (Fsp3) is 0.118. The van der Waals surface area contributed by atoms with Crippen molar-refractivity contribution in [2.45, 2.75) is 0 Å². The van der Waals surface area contributed by atoms with Crippen molar-refractivity contribution in [2.75, 3.05) is 19.0 Å². The van der Waals surface area contributed by atoms with Gasteiger partial charge in [-0.25, -0.2) is 4.79 Å². The minimum atomic E-state index is -0.749. The molecule has 0 saturated carbocycles. The highest BCUT2D eigenvalue weighted by Gasteiger charge is 2.15. The summed E-state index contributed by atoms with van der Waals surface area (Å²) in [6.07, 6.45) is 0. The van der Waals surface area contributed by atoms with E-state index in [2.05, 4.69) is 5.32 Å². The van der Waals surface area contributed by atoms with Crippen LogP contribution in [0.1, 0.15) is 15.9 Å². The van der Waals surface area contributed by atoms with Crippen molar-refractivity contribution in [1.82, 2.24) is 0 Å². The third kappa shape index (κ3) is 4.86. The minimum Gasteiger partial charge on any atom is -0.494 e. The summed E-state index contributed by atoms with van der Waals surface area (Å²) in [4.78, 5) is 23.8. The molecule has 0 unspecified atom stereocenters. The lowest BCUT2D eigenvalue weighted by atomic mass is 10.2. The van der Waals surface area contributed by atoms with Crippen LogP contribution >= 0.6 is 23.2 Å². The van der Waals surface area contributed by atoms with Crippen LogP contribution < -0.4 is 10.1 Å². The number of nitrogens with one attached hydrogen (secondary N) is 1. The Kier molecular flexibility index (Phi) is 6.23. The van der Waals surface area contributed by atoms with Gasteiger partial charge in [0.1, 0.15) is 0 Å². The van der Waals surface area contributed by atoms with E-state index in [9.17, 15) is 9.59 Å². The molecule has 2 aromatic carbocycles. The molecule has 0 bridgehead atoms. The molecule has 0 saturated heterocycles. The molecule has 1 N–H and O–H groups in total. The molecule has 128 valence electrons. The highest BCUT2D eigenvalue weighted by atomic mass is 35.5. The molecule has 8 heteroatoms. The second-order valence-electron chi connectivity index (χ2n) is 4.79. The van der Waals surface area contributed by atoms with Crippen molar-refractivity contribution in [3.63, 3.8) is 0 Å². The van der Waals surface area contributed by atoms with E-state index in [1.807, 2.05) is 6.07 Å². The summed E-state index contributed by atoms with van der Waals surface area (Å²) < 4.78 is 9.92. The summed E-state index contributed by atoms with van der Waals surface area (Å²) in [5.41, 5.74) is 1.05. The molecule has 0 aliphatic carbocycles. The maximum absolute atomic E-state index is 12.0. The van der Waals surface area contributed by atoms with Gasteiger partial charge in [-0.3, -0.25) is 4.79 Å². The van der Waals surface area contributed by atoms with Crippen LogP contribution in [0.15, 0.2) is 36.4 Å². The van der Waals surface area contributed by atoms with E-state index in [0.29, 0.717) is 11.3 Å². The van der Waals surface area contributed by atoms with Gasteiger partial charge in [-0.15, -0.1) is 0 Å². The Morgan fingerprint density at radius 2 is 1.76 bits per heavy atom. The smallest absolute Gasteiger partial charge is 0.338 e. The van der Waals surface area contributed by atoms with E-state index in [1.165, 1.54) is 19.2 Å². The number of nitriles is 1. The van der Waals surface area contributed by atoms with E-state index in [-0.39, 0.29) is 21.4 Å². The highest BCUT2D eigenvalue weighted by molar-refractivity contribution is 6.37. The fourth-order valence-electron chi connectivity index (χ4n) is 1.91. The Labute approximate surface area is 153 Å². The molecule has 0 aromatic heterocycles. The van der Waals surface area contributed by atoms with Gasteiger partial charge in [0.25, 0.3) is 5.91 Å². The molecule has 2 rings (SSSR count). The summed E-state index contributed by atoms with van der Waals surface area (Å²) in [6, 6.07) is 10.9. The number of carbonyl (C=O) groups is 2. The van der Waals surface area contributed by atoms with Gasteiger partial charge in [0.05, 0.1) is 34.4 Å². The van der Waals surface area contributed by atoms with Crippen LogP contribution in [0, 0.1) is 11.3 Å². The van der Waals surface area contributed by atoms with Gasteiger partial charge in [0.2, 0.25) is 0 Å². The first-order valence-corrected chi connectivity index (χ1v) is 7.70. The molecule has 0 spiro atoms. The normalized spacial score (nSPS) is 9.84. The quantitative estimate of drug-likeness (QED) is 0.801. The van der Waals surface area contributed by atoms with E-state index >= 15 is 0 Å². The highest BCUT2D eigenvalue weighted by Crippen LogP contribution is 2.33. The van der Waals surface area contributed by atoms with Crippen LogP contribution in [0.2, 0.25) is 10.0 Å². The molecule has 1 amide bonds. The zero-order valence-corrected chi connectivity index (χ0v) is 14.5. The van der Waals surface area contributed by atoms with Gasteiger partial charge in [-0.05, 0) is 36.4 Å². The fourth-order valence-corrected chi connectivity index (χ4v) is 2.55. The van der Waals surface area contributed by atoms with E-state index < -0.39 is 18.5 Å². The molecule has 2 aromatic rings. The van der Waals surface area contributed by atoms with Crippen LogP contribution in [0.4, 0.5) is 5.69 Å². The van der Waals surface area contributed by atoms with Crippen molar-refractivity contribution in [2.24, 2.45) is 0 Å². The molecule has 0 atom stereocenters. The number of benzene rings is 2. The standard InChI is InChI=1S/C17H12Cl2N2O4/c1-24-16-13(18)6-11(7-14(16)19)17(23)25-9-15(22)21-12-4-2-10(8-20)3-5-12/h2-7H,9H2,1H3,(H,21,22). The van der Waals surface area contributed by atoms with Gasteiger partial charge in [-0.1, -0.05) is 23.2 Å². The number of ether oxygens (including phenoxy) is 2. The molecule has 0 aliphatic rings. The average Bonchev–Trinajstić information content (AvgIpc) is 2.60. The Morgan fingerprint density at radius 1 is 1.16 bits per heavy atom. The second kappa shape index (κ2) is 8.38. The SMILES string of the molecule is COc1c(Cl)cc(C(=O)OCC(=O)Nc2ccc(C#N)cc2)cc1Cl. The number of hydrogen-bond acceptors (Lipinski definition) is 5. The summed E-state index contributed by atoms with van der Waals surface area (Å²) in [6.45, 7) is -0.486. The van der Waals surface area contributed by atoms with Gasteiger partial charge in [0, 0.05) is 5.69 Å². The lowest BCUT2D eigenvalue weighted by Crippen LogP contribution is -2.21. The van der Waals surface area contributed by atoms with Crippen molar-refractivity contribution in [3.8, 4) is 11.8 Å². The summed E-state index contributed by atoms with van der Waals surface area (Å²) in [7, 11) is 1.40. The number of hydrogen-bond donors (Lipinski definition) is 1. The molecular formula is C17H12Cl2N2O4. The predicted octanol–water partition coefficient (Wildman–Crippen LogP) is 3.67. The number of anilines is 1. The monoisotopic (exact) mass is 378 g/mol. The molecule has 0 heterocycles. The van der Waals surface area contributed by atoms with Crippen LogP contribution in [-0.2, 0) is 9.53 Å². The Hall–Kier alpha value is -2.75. The number of carbonyl (C=O) groups excluding carboxylic acids is 2. The second-order valence-corrected chi connectivity index (χ2v) is 5.60. The minimum absolute atomic E-state index is 0.0990. The number of halogens is 2. The summed E-state index contributed by atoms with van der Waals surface area (Å²) in [5, 5.41) is 11.6. The number of rotatable bonds is 5. The Morgan fingerprint density at radius 3 is 2.28 bits per heavy atom. The van der Waals surface area contributed by atoms with Gasteiger partial charge in [0.15, 0.2) is 12.4 Å². The maximum Gasteiger partial charge on any atom is 0.338 e. The Balaban J connectivity index is 1.95. The maximum atomic E-state index is 12.0. The van der Waals surface area contributed by atoms with Gasteiger partial charge < -0.3 is 14.8 Å². The van der Waals surface area contributed by atoms with Crippen LogP contribution in [0.3, 0.4) is 0 Å². The van der Waals surface area contributed by atoms with E-state index in [4.69, 9.17) is 37.9 Å². The molecule has 0 radical (unpaired) electrons. The van der Waals surface area contributed by atoms with E-state index in [1.54, 1.807) is 24.3 Å². The van der Waals surface area contributed by atoms with E-state index in [0.717, 1.165) is 0 Å². The summed E-state index contributed by atoms with van der Waals surface area (Å²) >= 11 is 11.9. The first kappa shape index (κ1) is 18.6. The molecule has 0 aliphatic heterocycles. The topological polar surface area (TPSA) is 88.4 Å². The summed E-state index contributed by atoms with van der Waals surface area (Å²) in [5.74, 6) is -1.02. The first-order valence-electron chi connectivity index (χ1n) is 6.94. The lowest BCUT2D eigenvalue weighted by Gasteiger charge is -2.09. The predicted molar refractivity (Wildman–Crippen MR) is 93.1 cm³/mol. The van der Waals surface area contributed by atoms with Crippen LogP contribution in [0.5, 0.6) is 5.75 Å². The first-order chi connectivity index (χ1) is 11.9. The van der Waals surface area contributed by atoms with Crippen molar-refractivity contribution in [3.05, 3.63) is 57.6 Å². The number of amides is 1. The van der Waals surface area contributed by atoms with Crippen LogP contribution in [0.25, 0.3) is 0 Å². The average molecular weight is 379 g/mol. The molecule has 6 nitrogen and oxygen atoms in total. The van der Waals surface area contributed by atoms with Gasteiger partial charge in [-0.2, -0.15) is 5.26 Å². The lowest BCUT2D eigenvalue weighted by molar-refractivity contribution is -0.119. The zero-order chi connectivity index (χ0) is 18.4. The number of nitrogens with zero attached hydrogens (tertiary/aromatic N) is 1. The Bertz CT molecular complexity index is 822. The molecular weight excluding hydrogens is 367 g/mol. The zero-order valence-electron chi connectivity index (χ0n) is 13.0. The van der Waals surface area contributed by atoms with Crippen molar-refractivity contribution < 1.29 is 19.1 Å². The third-order valence-corrected chi connectivity index (χ3v) is 3.63. The number of methoxy groups -OCH3 is 1. The number of esters is 1. The molecule has 0 fully saturated rings.